The summed E-state index contributed by atoms with van der Waals surface area (Å²) in [6, 6.07) is 6.27. The molecule has 0 aliphatic carbocycles. The number of hydrogen-bond acceptors (Lipinski definition) is 4. The first kappa shape index (κ1) is 16.0. The summed E-state index contributed by atoms with van der Waals surface area (Å²) in [6.45, 7) is 5.28. The quantitative estimate of drug-likeness (QED) is 0.621. The van der Waals surface area contributed by atoms with Crippen molar-refractivity contribution in [3.05, 3.63) is 29.3 Å². The Hall–Kier alpha value is -1.10. The van der Waals surface area contributed by atoms with Gasteiger partial charge in [0.05, 0.1) is 19.8 Å². The van der Waals surface area contributed by atoms with Crippen molar-refractivity contribution in [2.24, 2.45) is 0 Å². The third-order valence-corrected chi connectivity index (χ3v) is 3.13. The van der Waals surface area contributed by atoms with Crippen LogP contribution in [-0.2, 0) is 6.42 Å². The number of rotatable bonds is 8. The van der Waals surface area contributed by atoms with Crippen molar-refractivity contribution < 1.29 is 14.9 Å². The van der Waals surface area contributed by atoms with Crippen LogP contribution in [0.25, 0.3) is 0 Å². The smallest absolute Gasteiger partial charge is 0.122 e. The molecule has 1 atom stereocenters. The van der Waals surface area contributed by atoms with E-state index in [0.29, 0.717) is 12.5 Å². The van der Waals surface area contributed by atoms with Gasteiger partial charge in [0.25, 0.3) is 0 Å². The molecular weight excluding hydrogens is 242 g/mol. The maximum Gasteiger partial charge on any atom is 0.122 e. The molecule has 1 aromatic rings. The minimum Gasteiger partial charge on any atom is -0.496 e. The van der Waals surface area contributed by atoms with Gasteiger partial charge in [-0.15, -0.1) is 0 Å². The summed E-state index contributed by atoms with van der Waals surface area (Å²) < 4.78 is 5.36. The first-order chi connectivity index (χ1) is 9.08. The summed E-state index contributed by atoms with van der Waals surface area (Å²) in [5, 5.41) is 21.1. The number of hydrogen-bond donors (Lipinski definition) is 3. The van der Waals surface area contributed by atoms with E-state index in [0.717, 1.165) is 18.7 Å². The van der Waals surface area contributed by atoms with E-state index in [1.165, 1.54) is 11.1 Å². The number of ether oxygens (including phenoxy) is 1. The van der Waals surface area contributed by atoms with Crippen molar-refractivity contribution in [3.63, 3.8) is 0 Å². The Labute approximate surface area is 115 Å². The molecule has 3 N–H and O–H groups in total. The fraction of sp³-hybridized carbons (Fsp3) is 0.600. The second-order valence-electron chi connectivity index (χ2n) is 5.02. The minimum atomic E-state index is -0.691. The maximum atomic E-state index is 9.24. The Bertz CT molecular complexity index is 380. The first-order valence-corrected chi connectivity index (χ1v) is 6.75. The molecule has 0 amide bonds. The summed E-state index contributed by atoms with van der Waals surface area (Å²) in [5.41, 5.74) is 2.46. The standard InChI is InChI=1S/C15H25NO3/c1-11(2)12-4-5-15(19-3)13(8-12)6-7-16-9-14(18)10-17/h4-5,8,11,14,16-18H,6-7,9-10H2,1-3H3. The largest absolute Gasteiger partial charge is 0.496 e. The molecule has 1 unspecified atom stereocenters. The van der Waals surface area contributed by atoms with E-state index in [1.54, 1.807) is 7.11 Å². The van der Waals surface area contributed by atoms with Crippen molar-refractivity contribution >= 4 is 0 Å². The molecule has 0 bridgehead atoms. The molecule has 1 rings (SSSR count). The topological polar surface area (TPSA) is 61.7 Å². The molecule has 19 heavy (non-hydrogen) atoms. The molecule has 0 heterocycles. The van der Waals surface area contributed by atoms with Crippen molar-refractivity contribution in [2.45, 2.75) is 32.3 Å². The second kappa shape index (κ2) is 8.15. The predicted molar refractivity (Wildman–Crippen MR) is 76.7 cm³/mol. The van der Waals surface area contributed by atoms with Crippen LogP contribution in [0.3, 0.4) is 0 Å². The molecule has 1 aromatic carbocycles. The normalized spacial score (nSPS) is 12.7. The lowest BCUT2D eigenvalue weighted by Gasteiger charge is -2.14. The fourth-order valence-corrected chi connectivity index (χ4v) is 1.91. The molecule has 0 radical (unpaired) electrons. The van der Waals surface area contributed by atoms with Gasteiger partial charge in [0, 0.05) is 6.54 Å². The molecule has 0 spiro atoms. The highest BCUT2D eigenvalue weighted by Crippen LogP contribution is 2.24. The SMILES string of the molecule is COc1ccc(C(C)C)cc1CCNCC(O)CO. The van der Waals surface area contributed by atoms with E-state index in [9.17, 15) is 5.11 Å². The molecule has 0 saturated heterocycles. The molecule has 0 aliphatic rings. The van der Waals surface area contributed by atoms with Crippen molar-refractivity contribution in [3.8, 4) is 5.75 Å². The van der Waals surface area contributed by atoms with Gasteiger partial charge in [-0.1, -0.05) is 26.0 Å². The monoisotopic (exact) mass is 267 g/mol. The molecule has 4 nitrogen and oxygen atoms in total. The maximum absolute atomic E-state index is 9.24. The summed E-state index contributed by atoms with van der Waals surface area (Å²) in [4.78, 5) is 0. The van der Waals surface area contributed by atoms with E-state index >= 15 is 0 Å². The Balaban J connectivity index is 2.57. The van der Waals surface area contributed by atoms with Crippen molar-refractivity contribution in [1.29, 1.82) is 0 Å². The highest BCUT2D eigenvalue weighted by atomic mass is 16.5. The third kappa shape index (κ3) is 5.19. The number of methoxy groups -OCH3 is 1. The van der Waals surface area contributed by atoms with Gasteiger partial charge < -0.3 is 20.3 Å². The van der Waals surface area contributed by atoms with Crippen LogP contribution in [0.4, 0.5) is 0 Å². The van der Waals surface area contributed by atoms with E-state index < -0.39 is 6.10 Å². The van der Waals surface area contributed by atoms with Crippen LogP contribution >= 0.6 is 0 Å². The van der Waals surface area contributed by atoms with Crippen LogP contribution in [0.15, 0.2) is 18.2 Å². The molecular formula is C15H25NO3. The third-order valence-electron chi connectivity index (χ3n) is 3.13. The first-order valence-electron chi connectivity index (χ1n) is 6.75. The van der Waals surface area contributed by atoms with Gasteiger partial charge >= 0.3 is 0 Å². The van der Waals surface area contributed by atoms with E-state index in [-0.39, 0.29) is 6.61 Å². The Kier molecular flexibility index (Phi) is 6.84. The van der Waals surface area contributed by atoms with Crippen molar-refractivity contribution in [1.82, 2.24) is 5.32 Å². The summed E-state index contributed by atoms with van der Waals surface area (Å²) in [5.74, 6) is 1.39. The Morgan fingerprint density at radius 1 is 1.32 bits per heavy atom. The zero-order valence-corrected chi connectivity index (χ0v) is 12.0. The number of aliphatic hydroxyl groups is 2. The van der Waals surface area contributed by atoms with Gasteiger partial charge in [-0.05, 0) is 36.1 Å². The summed E-state index contributed by atoms with van der Waals surface area (Å²) >= 11 is 0. The zero-order valence-electron chi connectivity index (χ0n) is 12.0. The van der Waals surface area contributed by atoms with Crippen LogP contribution in [0.5, 0.6) is 5.75 Å². The van der Waals surface area contributed by atoms with Crippen molar-refractivity contribution in [2.75, 3.05) is 26.8 Å². The van der Waals surface area contributed by atoms with Gasteiger partial charge in [-0.2, -0.15) is 0 Å². The molecule has 0 saturated carbocycles. The number of aliphatic hydroxyl groups excluding tert-OH is 2. The van der Waals surface area contributed by atoms with Crippen LogP contribution in [0.2, 0.25) is 0 Å². The average molecular weight is 267 g/mol. The minimum absolute atomic E-state index is 0.209. The second-order valence-corrected chi connectivity index (χ2v) is 5.02. The van der Waals surface area contributed by atoms with E-state index in [4.69, 9.17) is 9.84 Å². The van der Waals surface area contributed by atoms with E-state index in [1.807, 2.05) is 6.07 Å². The molecule has 0 fully saturated rings. The predicted octanol–water partition coefficient (Wildman–Crippen LogP) is 1.30. The zero-order chi connectivity index (χ0) is 14.3. The van der Waals surface area contributed by atoms with Crippen LogP contribution in [0.1, 0.15) is 30.9 Å². The molecule has 0 aromatic heterocycles. The lowest BCUT2D eigenvalue weighted by molar-refractivity contribution is 0.0947. The highest BCUT2D eigenvalue weighted by molar-refractivity contribution is 5.38. The molecule has 108 valence electrons. The average Bonchev–Trinajstić information content (AvgIpc) is 2.42. The van der Waals surface area contributed by atoms with E-state index in [2.05, 4.69) is 31.3 Å². The molecule has 4 heteroatoms. The number of benzene rings is 1. The Morgan fingerprint density at radius 2 is 2.05 bits per heavy atom. The highest BCUT2D eigenvalue weighted by Gasteiger charge is 2.07. The van der Waals surface area contributed by atoms with Crippen LogP contribution < -0.4 is 10.1 Å². The van der Waals surface area contributed by atoms with Gasteiger partial charge in [0.2, 0.25) is 0 Å². The summed E-state index contributed by atoms with van der Waals surface area (Å²) in [6.07, 6.45) is 0.144. The van der Waals surface area contributed by atoms with Gasteiger partial charge in [0.15, 0.2) is 0 Å². The van der Waals surface area contributed by atoms with Gasteiger partial charge in [0.1, 0.15) is 5.75 Å². The van der Waals surface area contributed by atoms with Gasteiger partial charge in [-0.3, -0.25) is 0 Å². The van der Waals surface area contributed by atoms with Crippen LogP contribution in [-0.4, -0.2) is 43.1 Å². The summed E-state index contributed by atoms with van der Waals surface area (Å²) in [7, 11) is 1.68. The fourth-order valence-electron chi connectivity index (χ4n) is 1.91. The number of nitrogens with one attached hydrogen (secondary N) is 1. The molecule has 0 aliphatic heterocycles. The van der Waals surface area contributed by atoms with Crippen LogP contribution in [0, 0.1) is 0 Å². The lowest BCUT2D eigenvalue weighted by Crippen LogP contribution is -2.30. The lowest BCUT2D eigenvalue weighted by atomic mass is 9.99. The Morgan fingerprint density at radius 3 is 2.63 bits per heavy atom. The van der Waals surface area contributed by atoms with Gasteiger partial charge in [-0.25, -0.2) is 0 Å².